The van der Waals surface area contributed by atoms with Crippen LogP contribution in [0.15, 0.2) is 27.6 Å². The quantitative estimate of drug-likeness (QED) is 0.574. The van der Waals surface area contributed by atoms with Crippen LogP contribution in [0.2, 0.25) is 0 Å². The van der Waals surface area contributed by atoms with E-state index in [4.69, 9.17) is 0 Å². The molecule has 0 spiro atoms. The van der Waals surface area contributed by atoms with Crippen LogP contribution in [0, 0.1) is 0 Å². The maximum atomic E-state index is 10.5. The van der Waals surface area contributed by atoms with E-state index in [9.17, 15) is 4.79 Å². The summed E-state index contributed by atoms with van der Waals surface area (Å²) >= 11 is 4.94. The second-order valence-electron chi connectivity index (χ2n) is 1.98. The predicted molar refractivity (Wildman–Crippen MR) is 51.3 cm³/mol. The summed E-state index contributed by atoms with van der Waals surface area (Å²) in [6, 6.07) is 5.59. The van der Waals surface area contributed by atoms with Crippen LogP contribution in [0.1, 0.15) is 10.4 Å². The molecule has 11 heavy (non-hydrogen) atoms. The molecule has 0 heterocycles. The maximum Gasteiger partial charge on any atom is 0.151 e. The fourth-order valence-corrected chi connectivity index (χ4v) is 2.32. The molecule has 0 unspecified atom stereocenters. The number of halogens is 1. The number of carbonyl (C=O) groups excluding carboxylic acids is 1. The highest BCUT2D eigenvalue weighted by atomic mass is 79.9. The molecule has 1 nitrogen and oxygen atoms in total. The Hall–Kier alpha value is -0.280. The van der Waals surface area contributed by atoms with Gasteiger partial charge in [-0.1, -0.05) is 12.1 Å². The van der Waals surface area contributed by atoms with Gasteiger partial charge in [0.15, 0.2) is 6.29 Å². The SMILES string of the molecule is CSc1c(Br)cccc1C=O. The van der Waals surface area contributed by atoms with E-state index in [0.29, 0.717) is 0 Å². The zero-order valence-electron chi connectivity index (χ0n) is 6.00. The molecule has 3 heteroatoms. The predicted octanol–water partition coefficient (Wildman–Crippen LogP) is 2.98. The van der Waals surface area contributed by atoms with Crippen molar-refractivity contribution in [2.24, 2.45) is 0 Å². The summed E-state index contributed by atoms with van der Waals surface area (Å²) in [7, 11) is 0. The van der Waals surface area contributed by atoms with Gasteiger partial charge in [0.25, 0.3) is 0 Å². The van der Waals surface area contributed by atoms with Crippen LogP contribution in [-0.2, 0) is 0 Å². The molecule has 0 saturated carbocycles. The first-order valence-electron chi connectivity index (χ1n) is 3.07. The van der Waals surface area contributed by atoms with Gasteiger partial charge in [0, 0.05) is 14.9 Å². The van der Waals surface area contributed by atoms with Crippen LogP contribution in [0.4, 0.5) is 0 Å². The van der Waals surface area contributed by atoms with Crippen molar-refractivity contribution in [1.82, 2.24) is 0 Å². The lowest BCUT2D eigenvalue weighted by atomic mass is 10.2. The van der Waals surface area contributed by atoms with Crippen LogP contribution in [-0.4, -0.2) is 12.5 Å². The molecule has 0 aliphatic rings. The van der Waals surface area contributed by atoms with Crippen molar-refractivity contribution in [3.05, 3.63) is 28.2 Å². The van der Waals surface area contributed by atoms with Crippen LogP contribution in [0.5, 0.6) is 0 Å². The number of hydrogen-bond donors (Lipinski definition) is 0. The molecule has 1 rings (SSSR count). The Morgan fingerprint density at radius 1 is 1.55 bits per heavy atom. The fourth-order valence-electron chi connectivity index (χ4n) is 0.834. The Labute approximate surface area is 78.3 Å². The molecular formula is C8H7BrOS. The lowest BCUT2D eigenvalue weighted by Gasteiger charge is -2.01. The molecule has 0 radical (unpaired) electrons. The molecule has 58 valence electrons. The van der Waals surface area contributed by atoms with Gasteiger partial charge in [-0.05, 0) is 28.3 Å². The van der Waals surface area contributed by atoms with Crippen LogP contribution >= 0.6 is 27.7 Å². The van der Waals surface area contributed by atoms with Gasteiger partial charge in [-0.2, -0.15) is 0 Å². The zero-order chi connectivity index (χ0) is 8.27. The largest absolute Gasteiger partial charge is 0.298 e. The summed E-state index contributed by atoms with van der Waals surface area (Å²) in [6.07, 6.45) is 2.82. The van der Waals surface area contributed by atoms with E-state index in [1.807, 2.05) is 24.5 Å². The fraction of sp³-hybridized carbons (Fsp3) is 0.125. The smallest absolute Gasteiger partial charge is 0.151 e. The third-order valence-corrected chi connectivity index (χ3v) is 3.12. The van der Waals surface area contributed by atoms with Crippen molar-refractivity contribution >= 4 is 34.0 Å². The average Bonchev–Trinajstić information content (AvgIpc) is 2.04. The van der Waals surface area contributed by atoms with Gasteiger partial charge in [0.1, 0.15) is 0 Å². The minimum Gasteiger partial charge on any atom is -0.298 e. The van der Waals surface area contributed by atoms with Crippen LogP contribution in [0.3, 0.4) is 0 Å². The Bertz CT molecular complexity index is 273. The summed E-state index contributed by atoms with van der Waals surface area (Å²) in [4.78, 5) is 11.5. The first-order chi connectivity index (χ1) is 5.29. The Morgan fingerprint density at radius 2 is 2.27 bits per heavy atom. The van der Waals surface area contributed by atoms with Gasteiger partial charge in [-0.25, -0.2) is 0 Å². The highest BCUT2D eigenvalue weighted by molar-refractivity contribution is 9.10. The van der Waals surface area contributed by atoms with Gasteiger partial charge < -0.3 is 0 Å². The van der Waals surface area contributed by atoms with E-state index in [1.165, 1.54) is 0 Å². The lowest BCUT2D eigenvalue weighted by molar-refractivity contribution is 0.112. The normalized spacial score (nSPS) is 9.64. The van der Waals surface area contributed by atoms with E-state index in [1.54, 1.807) is 11.8 Å². The number of benzene rings is 1. The first-order valence-corrected chi connectivity index (χ1v) is 5.09. The van der Waals surface area contributed by atoms with Gasteiger partial charge in [-0.15, -0.1) is 11.8 Å². The molecule has 0 bridgehead atoms. The van der Waals surface area contributed by atoms with Crippen LogP contribution < -0.4 is 0 Å². The molecule has 1 aromatic rings. The van der Waals surface area contributed by atoms with Crippen LogP contribution in [0.25, 0.3) is 0 Å². The van der Waals surface area contributed by atoms with Crippen molar-refractivity contribution < 1.29 is 4.79 Å². The Balaban J connectivity index is 3.23. The highest BCUT2D eigenvalue weighted by Gasteiger charge is 2.02. The molecule has 0 atom stereocenters. The Kier molecular flexibility index (Phi) is 3.15. The van der Waals surface area contributed by atoms with Gasteiger partial charge in [-0.3, -0.25) is 4.79 Å². The monoisotopic (exact) mass is 230 g/mol. The number of thioether (sulfide) groups is 1. The summed E-state index contributed by atoms with van der Waals surface area (Å²) in [5, 5.41) is 0. The number of rotatable bonds is 2. The average molecular weight is 231 g/mol. The first kappa shape index (κ1) is 8.81. The minimum absolute atomic E-state index is 0.742. The number of aldehydes is 1. The number of hydrogen-bond acceptors (Lipinski definition) is 2. The highest BCUT2D eigenvalue weighted by Crippen LogP contribution is 2.27. The van der Waals surface area contributed by atoms with Crippen molar-refractivity contribution in [2.75, 3.05) is 6.26 Å². The molecule has 1 aromatic carbocycles. The summed E-state index contributed by atoms with van der Waals surface area (Å²) in [5.74, 6) is 0. The van der Waals surface area contributed by atoms with Crippen molar-refractivity contribution in [2.45, 2.75) is 4.90 Å². The van der Waals surface area contributed by atoms with E-state index in [-0.39, 0.29) is 0 Å². The van der Waals surface area contributed by atoms with E-state index < -0.39 is 0 Å². The second-order valence-corrected chi connectivity index (χ2v) is 3.65. The van der Waals surface area contributed by atoms with E-state index in [0.717, 1.165) is 21.2 Å². The van der Waals surface area contributed by atoms with E-state index >= 15 is 0 Å². The topological polar surface area (TPSA) is 17.1 Å². The molecule has 0 aliphatic heterocycles. The summed E-state index contributed by atoms with van der Waals surface area (Å²) in [5.41, 5.74) is 0.742. The lowest BCUT2D eigenvalue weighted by Crippen LogP contribution is -1.84. The Morgan fingerprint density at radius 3 is 2.73 bits per heavy atom. The summed E-state index contributed by atoms with van der Waals surface area (Å²) in [6.45, 7) is 0. The maximum absolute atomic E-state index is 10.5. The van der Waals surface area contributed by atoms with Gasteiger partial charge >= 0.3 is 0 Å². The van der Waals surface area contributed by atoms with Gasteiger partial charge in [0.05, 0.1) is 0 Å². The molecule has 0 N–H and O–H groups in total. The van der Waals surface area contributed by atoms with Crippen molar-refractivity contribution in [1.29, 1.82) is 0 Å². The molecule has 0 amide bonds. The standard InChI is InChI=1S/C8H7BrOS/c1-11-8-6(5-10)3-2-4-7(8)9/h2-5H,1H3. The van der Waals surface area contributed by atoms with Gasteiger partial charge in [0.2, 0.25) is 0 Å². The van der Waals surface area contributed by atoms with Crippen molar-refractivity contribution in [3.8, 4) is 0 Å². The molecule has 0 aromatic heterocycles. The molecule has 0 saturated heterocycles. The molecule has 0 fully saturated rings. The second kappa shape index (κ2) is 3.93. The number of carbonyl (C=O) groups is 1. The third-order valence-electron chi connectivity index (χ3n) is 1.33. The third kappa shape index (κ3) is 1.84. The molecule has 0 aliphatic carbocycles. The van der Waals surface area contributed by atoms with E-state index in [2.05, 4.69) is 15.9 Å². The molecular weight excluding hydrogens is 224 g/mol. The van der Waals surface area contributed by atoms with Crippen molar-refractivity contribution in [3.63, 3.8) is 0 Å². The minimum atomic E-state index is 0.742. The zero-order valence-corrected chi connectivity index (χ0v) is 8.41. The summed E-state index contributed by atoms with van der Waals surface area (Å²) < 4.78 is 0.981.